The minimum absolute atomic E-state index is 0.609. The summed E-state index contributed by atoms with van der Waals surface area (Å²) in [7, 11) is 2.19. The highest BCUT2D eigenvalue weighted by Gasteiger charge is 2.22. The maximum atomic E-state index is 4.38. The first-order valence-electron chi connectivity index (χ1n) is 6.63. The third kappa shape index (κ3) is 4.10. The van der Waals surface area contributed by atoms with E-state index in [-0.39, 0.29) is 0 Å². The van der Waals surface area contributed by atoms with Gasteiger partial charge in [-0.2, -0.15) is 0 Å². The summed E-state index contributed by atoms with van der Waals surface area (Å²) in [6.07, 6.45) is 5.77. The molecular weight excluding hydrogens is 210 g/mol. The Morgan fingerprint density at radius 2 is 2.29 bits per heavy atom. The second-order valence-electron chi connectivity index (χ2n) is 4.98. The summed E-state index contributed by atoms with van der Waals surface area (Å²) in [4.78, 5) is 6.78. The van der Waals surface area contributed by atoms with Crippen molar-refractivity contribution in [3.63, 3.8) is 0 Å². The van der Waals surface area contributed by atoms with E-state index in [0.717, 1.165) is 24.8 Å². The molecule has 1 aromatic heterocycles. The number of hydrogen-bond donors (Lipinski definition) is 1. The summed E-state index contributed by atoms with van der Waals surface area (Å²) in [5.74, 6) is 0. The Hall–Kier alpha value is -0.930. The first-order valence-corrected chi connectivity index (χ1v) is 6.63. The molecule has 0 bridgehead atoms. The molecule has 1 atom stereocenters. The van der Waals surface area contributed by atoms with Crippen LogP contribution < -0.4 is 5.32 Å². The summed E-state index contributed by atoms with van der Waals surface area (Å²) in [5, 5.41) is 3.61. The molecule has 0 saturated heterocycles. The molecule has 1 heterocycles. The number of hydrogen-bond acceptors (Lipinski definition) is 3. The second-order valence-corrected chi connectivity index (χ2v) is 4.98. The van der Waals surface area contributed by atoms with Crippen LogP contribution in [0.5, 0.6) is 0 Å². The molecule has 1 unspecified atom stereocenters. The van der Waals surface area contributed by atoms with Crippen LogP contribution in [0.4, 0.5) is 0 Å². The smallest absolute Gasteiger partial charge is 0.0543 e. The fourth-order valence-electron chi connectivity index (χ4n) is 2.08. The van der Waals surface area contributed by atoms with Crippen molar-refractivity contribution in [1.82, 2.24) is 15.2 Å². The fraction of sp³-hybridized carbons (Fsp3) is 0.643. The van der Waals surface area contributed by atoms with Gasteiger partial charge in [0, 0.05) is 31.4 Å². The lowest BCUT2D eigenvalue weighted by molar-refractivity contribution is 0.218. The van der Waals surface area contributed by atoms with Gasteiger partial charge in [-0.15, -0.1) is 0 Å². The van der Waals surface area contributed by atoms with Gasteiger partial charge in [0.25, 0.3) is 0 Å². The number of rotatable bonds is 7. The molecule has 2 rings (SSSR count). The molecule has 0 amide bonds. The van der Waals surface area contributed by atoms with Gasteiger partial charge in [-0.05, 0) is 38.4 Å². The first kappa shape index (κ1) is 12.5. The van der Waals surface area contributed by atoms with Gasteiger partial charge >= 0.3 is 0 Å². The third-order valence-electron chi connectivity index (χ3n) is 3.45. The zero-order chi connectivity index (χ0) is 12.1. The minimum atomic E-state index is 0.609. The lowest BCUT2D eigenvalue weighted by Gasteiger charge is -2.27. The van der Waals surface area contributed by atoms with Crippen LogP contribution in [-0.4, -0.2) is 35.6 Å². The largest absolute Gasteiger partial charge is 0.312 e. The molecule has 0 radical (unpaired) electrons. The predicted molar refractivity (Wildman–Crippen MR) is 70.8 cm³/mol. The van der Waals surface area contributed by atoms with Crippen molar-refractivity contribution in [2.75, 3.05) is 13.6 Å². The summed E-state index contributed by atoms with van der Waals surface area (Å²) in [6.45, 7) is 4.30. The van der Waals surface area contributed by atoms with Gasteiger partial charge in [-0.3, -0.25) is 9.88 Å². The van der Waals surface area contributed by atoms with E-state index in [0.29, 0.717) is 6.04 Å². The van der Waals surface area contributed by atoms with Crippen LogP contribution in [-0.2, 0) is 6.54 Å². The molecule has 0 aliphatic heterocycles. The van der Waals surface area contributed by atoms with Crippen LogP contribution in [0.3, 0.4) is 0 Å². The lowest BCUT2D eigenvalue weighted by atomic mass is 10.2. The summed E-state index contributed by atoms with van der Waals surface area (Å²) < 4.78 is 0. The van der Waals surface area contributed by atoms with Gasteiger partial charge in [0.2, 0.25) is 0 Å². The topological polar surface area (TPSA) is 28.2 Å². The highest BCUT2D eigenvalue weighted by atomic mass is 15.2. The van der Waals surface area contributed by atoms with Gasteiger partial charge in [0.05, 0.1) is 5.69 Å². The molecular formula is C14H23N3. The van der Waals surface area contributed by atoms with Gasteiger partial charge in [-0.25, -0.2) is 0 Å². The zero-order valence-electron chi connectivity index (χ0n) is 10.9. The van der Waals surface area contributed by atoms with E-state index in [1.54, 1.807) is 0 Å². The molecule has 0 aromatic carbocycles. The Labute approximate surface area is 104 Å². The van der Waals surface area contributed by atoms with Crippen molar-refractivity contribution in [2.24, 2.45) is 0 Å². The Balaban J connectivity index is 1.80. The van der Waals surface area contributed by atoms with E-state index in [4.69, 9.17) is 0 Å². The average Bonchev–Trinajstić information content (AvgIpc) is 3.15. The highest BCUT2D eigenvalue weighted by Crippen LogP contribution is 2.19. The standard InChI is InChI=1S/C14H23N3/c1-3-14(10-16-12-7-8-12)17(2)11-13-6-4-5-9-15-13/h4-6,9,12,14,16H,3,7-8,10-11H2,1-2H3. The Morgan fingerprint density at radius 3 is 2.88 bits per heavy atom. The number of nitrogens with one attached hydrogen (secondary N) is 1. The van der Waals surface area contributed by atoms with Crippen LogP contribution in [0.25, 0.3) is 0 Å². The van der Waals surface area contributed by atoms with Crippen LogP contribution in [0.1, 0.15) is 31.9 Å². The number of likely N-dealkylation sites (N-methyl/N-ethyl adjacent to an activating group) is 1. The molecule has 17 heavy (non-hydrogen) atoms. The van der Waals surface area contributed by atoms with Crippen molar-refractivity contribution < 1.29 is 0 Å². The van der Waals surface area contributed by atoms with Crippen molar-refractivity contribution in [2.45, 2.75) is 44.8 Å². The molecule has 94 valence electrons. The summed E-state index contributed by atoms with van der Waals surface area (Å²) >= 11 is 0. The highest BCUT2D eigenvalue weighted by molar-refractivity contribution is 5.03. The molecule has 1 saturated carbocycles. The van der Waals surface area contributed by atoms with E-state index in [1.165, 1.54) is 19.3 Å². The monoisotopic (exact) mass is 233 g/mol. The van der Waals surface area contributed by atoms with Gasteiger partial charge in [0.15, 0.2) is 0 Å². The van der Waals surface area contributed by atoms with Crippen LogP contribution in [0.2, 0.25) is 0 Å². The van der Waals surface area contributed by atoms with E-state index >= 15 is 0 Å². The van der Waals surface area contributed by atoms with E-state index < -0.39 is 0 Å². The Bertz CT molecular complexity index is 321. The molecule has 3 nitrogen and oxygen atoms in total. The Kier molecular flexibility index (Phi) is 4.51. The predicted octanol–water partition coefficient (Wildman–Crippen LogP) is 2.04. The molecule has 0 spiro atoms. The van der Waals surface area contributed by atoms with Crippen molar-refractivity contribution >= 4 is 0 Å². The van der Waals surface area contributed by atoms with Gasteiger partial charge < -0.3 is 5.32 Å². The molecule has 3 heteroatoms. The SMILES string of the molecule is CCC(CNC1CC1)N(C)Cc1ccccn1. The van der Waals surface area contributed by atoms with E-state index in [2.05, 4.69) is 41.3 Å². The second kappa shape index (κ2) is 6.12. The van der Waals surface area contributed by atoms with Crippen molar-refractivity contribution in [3.05, 3.63) is 30.1 Å². The maximum Gasteiger partial charge on any atom is 0.0543 e. The van der Waals surface area contributed by atoms with Gasteiger partial charge in [-0.1, -0.05) is 13.0 Å². The average molecular weight is 233 g/mol. The van der Waals surface area contributed by atoms with Crippen LogP contribution in [0, 0.1) is 0 Å². The number of nitrogens with zero attached hydrogens (tertiary/aromatic N) is 2. The molecule has 1 aliphatic rings. The third-order valence-corrected chi connectivity index (χ3v) is 3.45. The number of aromatic nitrogens is 1. The van der Waals surface area contributed by atoms with Crippen LogP contribution >= 0.6 is 0 Å². The molecule has 1 fully saturated rings. The molecule has 1 aromatic rings. The molecule has 1 aliphatic carbocycles. The maximum absolute atomic E-state index is 4.38. The Morgan fingerprint density at radius 1 is 1.47 bits per heavy atom. The summed E-state index contributed by atoms with van der Waals surface area (Å²) in [5.41, 5.74) is 1.15. The minimum Gasteiger partial charge on any atom is -0.312 e. The fourth-order valence-corrected chi connectivity index (χ4v) is 2.08. The summed E-state index contributed by atoms with van der Waals surface area (Å²) in [6, 6.07) is 7.52. The quantitative estimate of drug-likeness (QED) is 0.781. The molecule has 1 N–H and O–H groups in total. The van der Waals surface area contributed by atoms with Gasteiger partial charge in [0.1, 0.15) is 0 Å². The van der Waals surface area contributed by atoms with Crippen LogP contribution in [0.15, 0.2) is 24.4 Å². The number of pyridine rings is 1. The first-order chi connectivity index (χ1) is 8.29. The van der Waals surface area contributed by atoms with Crippen molar-refractivity contribution in [3.8, 4) is 0 Å². The van der Waals surface area contributed by atoms with E-state index in [9.17, 15) is 0 Å². The zero-order valence-corrected chi connectivity index (χ0v) is 10.9. The normalized spacial score (nSPS) is 17.4. The van der Waals surface area contributed by atoms with E-state index in [1.807, 2.05) is 12.3 Å². The lowest BCUT2D eigenvalue weighted by Crippen LogP contribution is -2.40. The van der Waals surface area contributed by atoms with Crippen molar-refractivity contribution in [1.29, 1.82) is 0 Å².